The van der Waals surface area contributed by atoms with Crippen molar-refractivity contribution in [2.45, 2.75) is 19.6 Å². The first kappa shape index (κ1) is 16.0. The van der Waals surface area contributed by atoms with Crippen LogP contribution in [0.25, 0.3) is 0 Å². The maximum Gasteiger partial charge on any atom is 0.218 e. The molecule has 0 atom stereocenters. The van der Waals surface area contributed by atoms with Crippen molar-refractivity contribution in [3.63, 3.8) is 0 Å². The number of aryl methyl sites for hydroxylation is 2. The second-order valence-electron chi connectivity index (χ2n) is 5.86. The molecule has 1 aliphatic heterocycles. The zero-order valence-electron chi connectivity index (χ0n) is 13.4. The molecule has 0 bridgehead atoms. The first-order valence-corrected chi connectivity index (χ1v) is 9.27. The standard InChI is InChI=1S/C16H21N3O3S/c1-13-5-3-4-6-15(13)12-23(20,21)19-9-7-18(8-10-19)16-11-14(2)22-17-16/h3-6,11H,7-10,12H2,1-2H3. The van der Waals surface area contributed by atoms with E-state index in [0.29, 0.717) is 26.2 Å². The first-order valence-electron chi connectivity index (χ1n) is 7.66. The van der Waals surface area contributed by atoms with E-state index in [0.717, 1.165) is 22.7 Å². The molecule has 3 rings (SSSR count). The highest BCUT2D eigenvalue weighted by Crippen LogP contribution is 2.19. The molecule has 1 aromatic carbocycles. The summed E-state index contributed by atoms with van der Waals surface area (Å²) >= 11 is 0. The Bertz CT molecular complexity index is 777. The molecule has 0 spiro atoms. The van der Waals surface area contributed by atoms with E-state index in [1.165, 1.54) is 0 Å². The van der Waals surface area contributed by atoms with Gasteiger partial charge in [-0.25, -0.2) is 8.42 Å². The number of hydrogen-bond acceptors (Lipinski definition) is 5. The van der Waals surface area contributed by atoms with Gasteiger partial charge in [0, 0.05) is 32.2 Å². The maximum absolute atomic E-state index is 12.6. The number of anilines is 1. The quantitative estimate of drug-likeness (QED) is 0.854. The molecule has 0 saturated carbocycles. The number of piperazine rings is 1. The Kier molecular flexibility index (Phi) is 4.41. The van der Waals surface area contributed by atoms with Crippen LogP contribution in [0.5, 0.6) is 0 Å². The van der Waals surface area contributed by atoms with Crippen LogP contribution in [0, 0.1) is 13.8 Å². The summed E-state index contributed by atoms with van der Waals surface area (Å²) in [6.45, 7) is 5.98. The van der Waals surface area contributed by atoms with Crippen LogP contribution in [-0.2, 0) is 15.8 Å². The Balaban J connectivity index is 1.65. The van der Waals surface area contributed by atoms with Crippen molar-refractivity contribution in [3.8, 4) is 0 Å². The zero-order valence-corrected chi connectivity index (χ0v) is 14.2. The summed E-state index contributed by atoms with van der Waals surface area (Å²) in [5.41, 5.74) is 1.87. The highest BCUT2D eigenvalue weighted by Gasteiger charge is 2.28. The normalized spacial score (nSPS) is 16.7. The number of hydrogen-bond donors (Lipinski definition) is 0. The van der Waals surface area contributed by atoms with Crippen molar-refractivity contribution in [3.05, 3.63) is 47.2 Å². The van der Waals surface area contributed by atoms with Gasteiger partial charge in [-0.15, -0.1) is 0 Å². The Morgan fingerprint density at radius 2 is 1.83 bits per heavy atom. The van der Waals surface area contributed by atoms with Crippen molar-refractivity contribution in [1.29, 1.82) is 0 Å². The molecule has 23 heavy (non-hydrogen) atoms. The van der Waals surface area contributed by atoms with Crippen LogP contribution in [0.1, 0.15) is 16.9 Å². The van der Waals surface area contributed by atoms with Gasteiger partial charge in [0.15, 0.2) is 5.82 Å². The van der Waals surface area contributed by atoms with Crippen molar-refractivity contribution in [2.75, 3.05) is 31.1 Å². The minimum atomic E-state index is -3.30. The SMILES string of the molecule is Cc1cc(N2CCN(S(=O)(=O)Cc3ccccc3C)CC2)no1. The second-order valence-corrected chi connectivity index (χ2v) is 7.83. The molecule has 7 heteroatoms. The lowest BCUT2D eigenvalue weighted by atomic mass is 10.1. The van der Waals surface area contributed by atoms with Crippen LogP contribution in [0.2, 0.25) is 0 Å². The third kappa shape index (κ3) is 3.56. The fourth-order valence-electron chi connectivity index (χ4n) is 2.76. The summed E-state index contributed by atoms with van der Waals surface area (Å²) in [6, 6.07) is 9.49. The smallest absolute Gasteiger partial charge is 0.218 e. The average molecular weight is 335 g/mol. The monoisotopic (exact) mass is 335 g/mol. The molecule has 1 aliphatic rings. The van der Waals surface area contributed by atoms with Crippen LogP contribution in [0.4, 0.5) is 5.82 Å². The van der Waals surface area contributed by atoms with E-state index in [1.807, 2.05) is 44.2 Å². The molecule has 0 aliphatic carbocycles. The van der Waals surface area contributed by atoms with E-state index in [9.17, 15) is 8.42 Å². The zero-order chi connectivity index (χ0) is 16.4. The second kappa shape index (κ2) is 6.33. The maximum atomic E-state index is 12.6. The Morgan fingerprint density at radius 3 is 2.43 bits per heavy atom. The molecule has 1 fully saturated rings. The molecule has 1 saturated heterocycles. The molecule has 1 aromatic heterocycles. The van der Waals surface area contributed by atoms with E-state index in [4.69, 9.17) is 4.52 Å². The van der Waals surface area contributed by atoms with Gasteiger partial charge >= 0.3 is 0 Å². The van der Waals surface area contributed by atoms with Gasteiger partial charge in [0.05, 0.1) is 5.75 Å². The van der Waals surface area contributed by atoms with Gasteiger partial charge in [0.2, 0.25) is 10.0 Å². The number of nitrogens with zero attached hydrogens (tertiary/aromatic N) is 3. The lowest BCUT2D eigenvalue weighted by molar-refractivity contribution is 0.371. The van der Waals surface area contributed by atoms with E-state index < -0.39 is 10.0 Å². The molecule has 0 radical (unpaired) electrons. The van der Waals surface area contributed by atoms with Gasteiger partial charge in [-0.1, -0.05) is 29.4 Å². The Hall–Kier alpha value is -1.86. The summed E-state index contributed by atoms with van der Waals surface area (Å²) in [5, 5.41) is 3.99. The Labute approximate surface area is 136 Å². The van der Waals surface area contributed by atoms with Crippen LogP contribution < -0.4 is 4.90 Å². The highest BCUT2D eigenvalue weighted by atomic mass is 32.2. The van der Waals surface area contributed by atoms with Crippen LogP contribution in [0.15, 0.2) is 34.9 Å². The lowest BCUT2D eigenvalue weighted by Gasteiger charge is -2.33. The molecule has 2 aromatic rings. The van der Waals surface area contributed by atoms with Gasteiger partial charge < -0.3 is 9.42 Å². The lowest BCUT2D eigenvalue weighted by Crippen LogP contribution is -2.49. The van der Waals surface area contributed by atoms with Gasteiger partial charge in [0.25, 0.3) is 0 Å². The minimum Gasteiger partial charge on any atom is -0.360 e. The van der Waals surface area contributed by atoms with E-state index in [1.54, 1.807) is 4.31 Å². The fraction of sp³-hybridized carbons (Fsp3) is 0.438. The number of sulfonamides is 1. The average Bonchev–Trinajstić information content (AvgIpc) is 2.96. The van der Waals surface area contributed by atoms with Crippen molar-refractivity contribution in [2.24, 2.45) is 0 Å². The third-order valence-corrected chi connectivity index (χ3v) is 6.00. The Morgan fingerprint density at radius 1 is 1.13 bits per heavy atom. The topological polar surface area (TPSA) is 66.7 Å². The number of benzene rings is 1. The van der Waals surface area contributed by atoms with Crippen molar-refractivity contribution < 1.29 is 12.9 Å². The first-order chi connectivity index (χ1) is 11.0. The minimum absolute atomic E-state index is 0.0583. The fourth-order valence-corrected chi connectivity index (χ4v) is 4.38. The largest absolute Gasteiger partial charge is 0.360 e. The van der Waals surface area contributed by atoms with E-state index in [2.05, 4.69) is 10.1 Å². The van der Waals surface area contributed by atoms with Gasteiger partial charge in [-0.2, -0.15) is 4.31 Å². The summed E-state index contributed by atoms with van der Waals surface area (Å²) in [7, 11) is -3.30. The van der Waals surface area contributed by atoms with Gasteiger partial charge in [-0.05, 0) is 25.0 Å². The highest BCUT2D eigenvalue weighted by molar-refractivity contribution is 7.88. The van der Waals surface area contributed by atoms with E-state index >= 15 is 0 Å². The summed E-state index contributed by atoms with van der Waals surface area (Å²) in [4.78, 5) is 2.05. The van der Waals surface area contributed by atoms with Crippen LogP contribution >= 0.6 is 0 Å². The van der Waals surface area contributed by atoms with E-state index in [-0.39, 0.29) is 5.75 Å². The summed E-state index contributed by atoms with van der Waals surface area (Å²) < 4.78 is 31.9. The molecule has 6 nitrogen and oxygen atoms in total. The summed E-state index contributed by atoms with van der Waals surface area (Å²) in [5.74, 6) is 1.59. The molecule has 2 heterocycles. The number of rotatable bonds is 4. The predicted octanol–water partition coefficient (Wildman–Crippen LogP) is 1.94. The van der Waals surface area contributed by atoms with Crippen LogP contribution in [0.3, 0.4) is 0 Å². The van der Waals surface area contributed by atoms with Gasteiger partial charge in [-0.3, -0.25) is 0 Å². The van der Waals surface area contributed by atoms with Crippen molar-refractivity contribution >= 4 is 15.8 Å². The number of aromatic nitrogens is 1. The third-order valence-electron chi connectivity index (χ3n) is 4.17. The van der Waals surface area contributed by atoms with Crippen LogP contribution in [-0.4, -0.2) is 44.1 Å². The molecule has 0 unspecified atom stereocenters. The molecular formula is C16H21N3O3S. The predicted molar refractivity (Wildman–Crippen MR) is 88.8 cm³/mol. The van der Waals surface area contributed by atoms with Gasteiger partial charge in [0.1, 0.15) is 5.76 Å². The molecule has 0 amide bonds. The molecule has 124 valence electrons. The molecule has 0 N–H and O–H groups in total. The molecular weight excluding hydrogens is 314 g/mol. The summed E-state index contributed by atoms with van der Waals surface area (Å²) in [6.07, 6.45) is 0. The van der Waals surface area contributed by atoms with Crippen molar-refractivity contribution in [1.82, 2.24) is 9.46 Å².